The van der Waals surface area contributed by atoms with Crippen LogP contribution < -0.4 is 11.1 Å². The highest BCUT2D eigenvalue weighted by Crippen LogP contribution is 2.36. The van der Waals surface area contributed by atoms with Gasteiger partial charge in [0.1, 0.15) is 6.10 Å². The van der Waals surface area contributed by atoms with Crippen LogP contribution in [0.3, 0.4) is 0 Å². The van der Waals surface area contributed by atoms with Crippen LogP contribution in [0, 0.1) is 5.41 Å². The molecule has 0 aromatic heterocycles. The number of nitrogens with two attached hydrogens (primary N) is 1. The molecule has 1 unspecified atom stereocenters. The van der Waals surface area contributed by atoms with Crippen LogP contribution in [0.5, 0.6) is 0 Å². The highest BCUT2D eigenvalue weighted by Gasteiger charge is 2.33. The SMILES string of the molecule is NCC1(CNC(=O)C2CCCCO2)CCCC1. The fraction of sp³-hybridized carbons (Fsp3) is 0.923. The van der Waals surface area contributed by atoms with Crippen molar-refractivity contribution in [2.24, 2.45) is 11.1 Å². The molecule has 98 valence electrons. The van der Waals surface area contributed by atoms with E-state index < -0.39 is 0 Å². The summed E-state index contributed by atoms with van der Waals surface area (Å²) in [6, 6.07) is 0. The Morgan fingerprint density at radius 2 is 2.06 bits per heavy atom. The Hall–Kier alpha value is -0.610. The molecule has 0 spiro atoms. The first-order valence-electron chi connectivity index (χ1n) is 6.85. The van der Waals surface area contributed by atoms with Crippen LogP contribution in [0.4, 0.5) is 0 Å². The van der Waals surface area contributed by atoms with Crippen molar-refractivity contribution in [3.63, 3.8) is 0 Å². The molecule has 1 amide bonds. The van der Waals surface area contributed by atoms with E-state index in [2.05, 4.69) is 5.32 Å². The lowest BCUT2D eigenvalue weighted by molar-refractivity contribution is -0.135. The van der Waals surface area contributed by atoms with Gasteiger partial charge < -0.3 is 15.8 Å². The molecule has 1 heterocycles. The number of carbonyl (C=O) groups is 1. The molecular weight excluding hydrogens is 216 g/mol. The van der Waals surface area contributed by atoms with Gasteiger partial charge in [-0.3, -0.25) is 4.79 Å². The molecule has 4 nitrogen and oxygen atoms in total. The molecule has 0 aromatic rings. The molecule has 17 heavy (non-hydrogen) atoms. The van der Waals surface area contributed by atoms with Crippen molar-refractivity contribution in [1.29, 1.82) is 0 Å². The lowest BCUT2D eigenvalue weighted by Gasteiger charge is -2.29. The summed E-state index contributed by atoms with van der Waals surface area (Å²) in [7, 11) is 0. The summed E-state index contributed by atoms with van der Waals surface area (Å²) in [5.74, 6) is 0.0597. The molecule has 1 saturated heterocycles. The molecular formula is C13H24N2O2. The number of hydrogen-bond acceptors (Lipinski definition) is 3. The van der Waals surface area contributed by atoms with Crippen LogP contribution in [0.2, 0.25) is 0 Å². The smallest absolute Gasteiger partial charge is 0.249 e. The van der Waals surface area contributed by atoms with Gasteiger partial charge in [-0.05, 0) is 44.1 Å². The maximum absolute atomic E-state index is 11.9. The Morgan fingerprint density at radius 1 is 1.29 bits per heavy atom. The van der Waals surface area contributed by atoms with E-state index in [0.29, 0.717) is 6.54 Å². The normalized spacial score (nSPS) is 27.9. The van der Waals surface area contributed by atoms with Gasteiger partial charge >= 0.3 is 0 Å². The first-order chi connectivity index (χ1) is 8.26. The van der Waals surface area contributed by atoms with Crippen molar-refractivity contribution in [2.45, 2.75) is 51.0 Å². The summed E-state index contributed by atoms with van der Waals surface area (Å²) in [6.45, 7) is 2.13. The van der Waals surface area contributed by atoms with Crippen molar-refractivity contribution >= 4 is 5.91 Å². The van der Waals surface area contributed by atoms with Crippen LogP contribution in [-0.4, -0.2) is 31.7 Å². The quantitative estimate of drug-likeness (QED) is 0.776. The van der Waals surface area contributed by atoms with Gasteiger partial charge in [0, 0.05) is 13.2 Å². The number of hydrogen-bond donors (Lipinski definition) is 2. The van der Waals surface area contributed by atoms with Crippen molar-refractivity contribution in [1.82, 2.24) is 5.32 Å². The Labute approximate surface area is 103 Å². The highest BCUT2D eigenvalue weighted by molar-refractivity contribution is 5.80. The molecule has 2 aliphatic rings. The predicted molar refractivity (Wildman–Crippen MR) is 66.6 cm³/mol. The lowest BCUT2D eigenvalue weighted by atomic mass is 9.86. The van der Waals surface area contributed by atoms with Gasteiger partial charge in [-0.2, -0.15) is 0 Å². The highest BCUT2D eigenvalue weighted by atomic mass is 16.5. The molecule has 3 N–H and O–H groups in total. The first-order valence-corrected chi connectivity index (χ1v) is 6.85. The van der Waals surface area contributed by atoms with Crippen LogP contribution in [-0.2, 0) is 9.53 Å². The summed E-state index contributed by atoms with van der Waals surface area (Å²) in [5.41, 5.74) is 6.01. The van der Waals surface area contributed by atoms with Gasteiger partial charge in [-0.25, -0.2) is 0 Å². The van der Waals surface area contributed by atoms with E-state index in [-0.39, 0.29) is 17.4 Å². The Balaban J connectivity index is 1.78. The summed E-state index contributed by atoms with van der Waals surface area (Å²) in [5, 5.41) is 3.04. The molecule has 0 bridgehead atoms. The second-order valence-corrected chi connectivity index (χ2v) is 5.48. The molecule has 4 heteroatoms. The minimum Gasteiger partial charge on any atom is -0.368 e. The third kappa shape index (κ3) is 3.19. The molecule has 0 radical (unpaired) electrons. The van der Waals surface area contributed by atoms with Gasteiger partial charge in [-0.1, -0.05) is 12.8 Å². The minimum absolute atomic E-state index is 0.0597. The minimum atomic E-state index is -0.222. The molecule has 1 saturated carbocycles. The molecule has 1 atom stereocenters. The van der Waals surface area contributed by atoms with Gasteiger partial charge in [-0.15, -0.1) is 0 Å². The second kappa shape index (κ2) is 5.83. The number of rotatable bonds is 4. The van der Waals surface area contributed by atoms with Crippen LogP contribution in [0.15, 0.2) is 0 Å². The van der Waals surface area contributed by atoms with Crippen molar-refractivity contribution in [2.75, 3.05) is 19.7 Å². The number of carbonyl (C=O) groups excluding carboxylic acids is 1. The Kier molecular flexibility index (Phi) is 4.40. The topological polar surface area (TPSA) is 64.3 Å². The van der Waals surface area contributed by atoms with Gasteiger partial charge in [0.05, 0.1) is 0 Å². The summed E-state index contributed by atoms with van der Waals surface area (Å²) >= 11 is 0. The van der Waals surface area contributed by atoms with Crippen molar-refractivity contribution in [3.05, 3.63) is 0 Å². The Morgan fingerprint density at radius 3 is 2.65 bits per heavy atom. The van der Waals surface area contributed by atoms with E-state index in [0.717, 1.165) is 45.3 Å². The van der Waals surface area contributed by atoms with E-state index in [1.165, 1.54) is 12.8 Å². The zero-order valence-corrected chi connectivity index (χ0v) is 10.5. The van der Waals surface area contributed by atoms with E-state index in [9.17, 15) is 4.79 Å². The van der Waals surface area contributed by atoms with Crippen LogP contribution in [0.25, 0.3) is 0 Å². The van der Waals surface area contributed by atoms with Crippen molar-refractivity contribution in [3.8, 4) is 0 Å². The lowest BCUT2D eigenvalue weighted by Crippen LogP contribution is -2.45. The van der Waals surface area contributed by atoms with E-state index in [1.54, 1.807) is 0 Å². The molecule has 1 aliphatic heterocycles. The average molecular weight is 240 g/mol. The van der Waals surface area contributed by atoms with Crippen LogP contribution in [0.1, 0.15) is 44.9 Å². The third-order valence-corrected chi connectivity index (χ3v) is 4.21. The zero-order chi connectivity index (χ0) is 12.1. The van der Waals surface area contributed by atoms with Crippen molar-refractivity contribution < 1.29 is 9.53 Å². The predicted octanol–water partition coefficient (Wildman–Crippen LogP) is 1.19. The number of ether oxygens (including phenoxy) is 1. The summed E-state index contributed by atoms with van der Waals surface area (Å²) in [6.07, 6.45) is 7.60. The van der Waals surface area contributed by atoms with Gasteiger partial charge in [0.2, 0.25) is 5.91 Å². The van der Waals surface area contributed by atoms with Gasteiger partial charge in [0.25, 0.3) is 0 Å². The molecule has 0 aromatic carbocycles. The summed E-state index contributed by atoms with van der Waals surface area (Å²) in [4.78, 5) is 11.9. The fourth-order valence-corrected chi connectivity index (χ4v) is 2.91. The average Bonchev–Trinajstić information content (AvgIpc) is 2.86. The summed E-state index contributed by atoms with van der Waals surface area (Å²) < 4.78 is 5.48. The van der Waals surface area contributed by atoms with E-state index in [4.69, 9.17) is 10.5 Å². The monoisotopic (exact) mass is 240 g/mol. The zero-order valence-electron chi connectivity index (χ0n) is 10.5. The third-order valence-electron chi connectivity index (χ3n) is 4.21. The van der Waals surface area contributed by atoms with E-state index in [1.807, 2.05) is 0 Å². The molecule has 2 fully saturated rings. The van der Waals surface area contributed by atoms with E-state index >= 15 is 0 Å². The molecule has 1 aliphatic carbocycles. The van der Waals surface area contributed by atoms with Gasteiger partial charge in [0.15, 0.2) is 0 Å². The Bertz CT molecular complexity index is 256. The first kappa shape index (κ1) is 12.8. The fourth-order valence-electron chi connectivity index (χ4n) is 2.91. The maximum atomic E-state index is 11.9. The maximum Gasteiger partial charge on any atom is 0.249 e. The largest absolute Gasteiger partial charge is 0.368 e. The number of nitrogens with one attached hydrogen (secondary N) is 1. The molecule has 2 rings (SSSR count). The van der Waals surface area contributed by atoms with Crippen LogP contribution >= 0.6 is 0 Å². The standard InChI is InChI=1S/C13H24N2O2/c14-9-13(6-2-3-7-13)10-15-12(16)11-5-1-4-8-17-11/h11H,1-10,14H2,(H,15,16). The number of amides is 1. The second-order valence-electron chi connectivity index (χ2n) is 5.48.